The first-order chi connectivity index (χ1) is 8.27. The predicted molar refractivity (Wildman–Crippen MR) is 69.9 cm³/mol. The molecule has 5 nitrogen and oxygen atoms in total. The van der Waals surface area contributed by atoms with E-state index in [2.05, 4.69) is 15.2 Å². The average molecular weight is 250 g/mol. The summed E-state index contributed by atoms with van der Waals surface area (Å²) in [6.07, 6.45) is 0. The summed E-state index contributed by atoms with van der Waals surface area (Å²) in [7, 11) is 1.80. The number of anilines is 1. The van der Waals surface area contributed by atoms with Crippen molar-refractivity contribution in [3.8, 4) is 0 Å². The van der Waals surface area contributed by atoms with Crippen LogP contribution in [-0.2, 0) is 7.05 Å². The van der Waals surface area contributed by atoms with E-state index in [0.717, 1.165) is 42.3 Å². The fourth-order valence-corrected chi connectivity index (χ4v) is 2.89. The zero-order chi connectivity index (χ0) is 11.8. The highest BCUT2D eigenvalue weighted by molar-refractivity contribution is 7.16. The molecule has 1 aliphatic heterocycles. The van der Waals surface area contributed by atoms with Gasteiger partial charge in [0.25, 0.3) is 5.56 Å². The summed E-state index contributed by atoms with van der Waals surface area (Å²) in [5.41, 5.74) is 0.0461. The molecule has 1 fully saturated rings. The third-order valence-corrected chi connectivity index (χ3v) is 3.89. The van der Waals surface area contributed by atoms with E-state index in [1.165, 1.54) is 11.3 Å². The summed E-state index contributed by atoms with van der Waals surface area (Å²) >= 11 is 1.52. The van der Waals surface area contributed by atoms with Crippen molar-refractivity contribution in [1.82, 2.24) is 14.9 Å². The number of hydrogen-bond acceptors (Lipinski definition) is 5. The van der Waals surface area contributed by atoms with Gasteiger partial charge in [0.15, 0.2) is 0 Å². The van der Waals surface area contributed by atoms with Crippen LogP contribution in [0.3, 0.4) is 0 Å². The lowest BCUT2D eigenvalue weighted by atomic mass is 10.3. The monoisotopic (exact) mass is 250 g/mol. The van der Waals surface area contributed by atoms with Gasteiger partial charge in [0.05, 0.1) is 5.39 Å². The second-order valence-corrected chi connectivity index (χ2v) is 5.05. The largest absolute Gasteiger partial charge is 0.340 e. The van der Waals surface area contributed by atoms with E-state index in [9.17, 15) is 4.79 Å². The highest BCUT2D eigenvalue weighted by Crippen LogP contribution is 2.18. The first kappa shape index (κ1) is 10.7. The summed E-state index contributed by atoms with van der Waals surface area (Å²) in [4.78, 5) is 19.7. The van der Waals surface area contributed by atoms with Crippen molar-refractivity contribution >= 4 is 27.5 Å². The zero-order valence-electron chi connectivity index (χ0n) is 9.64. The highest BCUT2D eigenvalue weighted by Gasteiger charge is 2.17. The van der Waals surface area contributed by atoms with Gasteiger partial charge in [-0.1, -0.05) is 0 Å². The van der Waals surface area contributed by atoms with Crippen molar-refractivity contribution in [3.63, 3.8) is 0 Å². The summed E-state index contributed by atoms with van der Waals surface area (Å²) in [5, 5.41) is 5.93. The lowest BCUT2D eigenvalue weighted by molar-refractivity contribution is 0.570. The van der Waals surface area contributed by atoms with Crippen molar-refractivity contribution in [2.45, 2.75) is 0 Å². The first-order valence-corrected chi connectivity index (χ1v) is 6.55. The summed E-state index contributed by atoms with van der Waals surface area (Å²) in [5.74, 6) is 0.784. The lowest BCUT2D eigenvalue weighted by Crippen LogP contribution is -2.45. The molecule has 0 radical (unpaired) electrons. The Bertz CT molecular complexity index is 597. The van der Waals surface area contributed by atoms with E-state index in [1.54, 1.807) is 11.6 Å². The minimum atomic E-state index is 0.0461. The van der Waals surface area contributed by atoms with Crippen LogP contribution in [0, 0.1) is 0 Å². The molecule has 0 spiro atoms. The van der Waals surface area contributed by atoms with Crippen LogP contribution in [0.5, 0.6) is 0 Å². The van der Waals surface area contributed by atoms with Gasteiger partial charge in [-0.15, -0.1) is 11.3 Å². The maximum absolute atomic E-state index is 12.1. The zero-order valence-corrected chi connectivity index (χ0v) is 10.5. The molecule has 0 unspecified atom stereocenters. The molecule has 0 aromatic carbocycles. The minimum absolute atomic E-state index is 0.0461. The van der Waals surface area contributed by atoms with Crippen LogP contribution in [0.2, 0.25) is 0 Å². The Kier molecular flexibility index (Phi) is 2.60. The van der Waals surface area contributed by atoms with Gasteiger partial charge < -0.3 is 10.2 Å². The van der Waals surface area contributed by atoms with E-state index in [0.29, 0.717) is 0 Å². The van der Waals surface area contributed by atoms with Crippen LogP contribution < -0.4 is 15.8 Å². The van der Waals surface area contributed by atoms with E-state index in [1.807, 2.05) is 11.4 Å². The summed E-state index contributed by atoms with van der Waals surface area (Å²) in [6, 6.07) is 1.84. The standard InChI is InChI=1S/C11H14N4OS/c1-14-10(16)8-2-7-17-9(8)13-11(14)15-5-3-12-4-6-15/h2,7,12H,3-6H2,1H3. The Morgan fingerprint density at radius 2 is 2.18 bits per heavy atom. The fourth-order valence-electron chi connectivity index (χ4n) is 2.14. The molecule has 17 heavy (non-hydrogen) atoms. The third-order valence-electron chi connectivity index (χ3n) is 3.08. The molecule has 0 atom stereocenters. The third kappa shape index (κ3) is 1.73. The Morgan fingerprint density at radius 1 is 1.41 bits per heavy atom. The van der Waals surface area contributed by atoms with Gasteiger partial charge in [0, 0.05) is 33.2 Å². The molecule has 3 heterocycles. The van der Waals surface area contributed by atoms with Crippen molar-refractivity contribution in [2.24, 2.45) is 7.05 Å². The minimum Gasteiger partial charge on any atom is -0.340 e. The Balaban J connectivity index is 2.15. The van der Waals surface area contributed by atoms with Crippen molar-refractivity contribution in [2.75, 3.05) is 31.1 Å². The number of nitrogens with one attached hydrogen (secondary N) is 1. The number of piperazine rings is 1. The van der Waals surface area contributed by atoms with Gasteiger partial charge in [-0.05, 0) is 11.4 Å². The molecule has 1 N–H and O–H groups in total. The van der Waals surface area contributed by atoms with E-state index < -0.39 is 0 Å². The number of nitrogens with zero attached hydrogens (tertiary/aromatic N) is 3. The SMILES string of the molecule is Cn1c(N2CCNCC2)nc2sccc2c1=O. The highest BCUT2D eigenvalue weighted by atomic mass is 32.1. The van der Waals surface area contributed by atoms with Crippen molar-refractivity contribution < 1.29 is 0 Å². The molecule has 6 heteroatoms. The Morgan fingerprint density at radius 3 is 2.94 bits per heavy atom. The second kappa shape index (κ2) is 4.12. The number of rotatable bonds is 1. The molecular formula is C11H14N4OS. The quantitative estimate of drug-likeness (QED) is 0.796. The van der Waals surface area contributed by atoms with Crippen molar-refractivity contribution in [3.05, 3.63) is 21.8 Å². The van der Waals surface area contributed by atoms with Crippen LogP contribution in [0.25, 0.3) is 10.2 Å². The van der Waals surface area contributed by atoms with Gasteiger partial charge >= 0.3 is 0 Å². The first-order valence-electron chi connectivity index (χ1n) is 5.67. The molecule has 2 aromatic heterocycles. The number of thiophene rings is 1. The fraction of sp³-hybridized carbons (Fsp3) is 0.455. The van der Waals surface area contributed by atoms with E-state index in [-0.39, 0.29) is 5.56 Å². The van der Waals surface area contributed by atoms with Gasteiger partial charge in [-0.2, -0.15) is 0 Å². The lowest BCUT2D eigenvalue weighted by Gasteiger charge is -2.29. The molecule has 0 bridgehead atoms. The molecular weight excluding hydrogens is 236 g/mol. The van der Waals surface area contributed by atoms with Crippen LogP contribution in [0.15, 0.2) is 16.2 Å². The van der Waals surface area contributed by atoms with Gasteiger partial charge in [-0.25, -0.2) is 4.98 Å². The molecule has 1 aliphatic rings. The molecule has 2 aromatic rings. The normalized spacial score (nSPS) is 16.6. The van der Waals surface area contributed by atoms with Crippen LogP contribution in [0.4, 0.5) is 5.95 Å². The van der Waals surface area contributed by atoms with Crippen LogP contribution in [-0.4, -0.2) is 35.7 Å². The van der Waals surface area contributed by atoms with Crippen LogP contribution in [0.1, 0.15) is 0 Å². The van der Waals surface area contributed by atoms with Gasteiger partial charge in [-0.3, -0.25) is 9.36 Å². The second-order valence-electron chi connectivity index (χ2n) is 4.15. The molecule has 3 rings (SSSR count). The molecule has 1 saturated heterocycles. The predicted octanol–water partition coefficient (Wildman–Crippen LogP) is 0.405. The topological polar surface area (TPSA) is 50.2 Å². The van der Waals surface area contributed by atoms with Crippen molar-refractivity contribution in [1.29, 1.82) is 0 Å². The average Bonchev–Trinajstić information content (AvgIpc) is 2.83. The number of aromatic nitrogens is 2. The Labute approximate surface area is 103 Å². The maximum Gasteiger partial charge on any atom is 0.263 e. The van der Waals surface area contributed by atoms with E-state index >= 15 is 0 Å². The maximum atomic E-state index is 12.1. The van der Waals surface area contributed by atoms with E-state index in [4.69, 9.17) is 0 Å². The smallest absolute Gasteiger partial charge is 0.263 e. The summed E-state index contributed by atoms with van der Waals surface area (Å²) < 4.78 is 1.65. The molecule has 0 saturated carbocycles. The summed E-state index contributed by atoms with van der Waals surface area (Å²) in [6.45, 7) is 3.69. The molecule has 90 valence electrons. The molecule has 0 amide bonds. The number of fused-ring (bicyclic) bond motifs is 1. The molecule has 0 aliphatic carbocycles. The Hall–Kier alpha value is -1.40. The van der Waals surface area contributed by atoms with Gasteiger partial charge in [0.1, 0.15) is 4.83 Å². The van der Waals surface area contributed by atoms with Gasteiger partial charge in [0.2, 0.25) is 5.95 Å². The number of hydrogen-bond donors (Lipinski definition) is 1. The van der Waals surface area contributed by atoms with Crippen LogP contribution >= 0.6 is 11.3 Å².